The normalized spacial score (nSPS) is 12.6. The fourth-order valence-corrected chi connectivity index (χ4v) is 2.49. The summed E-state index contributed by atoms with van der Waals surface area (Å²) >= 11 is 5.88. The molecule has 0 aliphatic rings. The highest BCUT2D eigenvalue weighted by Crippen LogP contribution is 2.25. The lowest BCUT2D eigenvalue weighted by Crippen LogP contribution is -2.22. The molecule has 0 fully saturated rings. The Morgan fingerprint density at radius 1 is 1.12 bits per heavy atom. The first-order valence-electron chi connectivity index (χ1n) is 6.87. The highest BCUT2D eigenvalue weighted by atomic mass is 35.5. The van der Waals surface area contributed by atoms with E-state index in [1.165, 1.54) is 18.2 Å². The van der Waals surface area contributed by atoms with Crippen molar-refractivity contribution in [2.75, 3.05) is 0 Å². The molecule has 3 nitrogen and oxygen atoms in total. The monoisotopic (exact) mass is 350 g/mol. The maximum atomic E-state index is 13.0. The minimum Gasteiger partial charge on any atom is -0.268 e. The van der Waals surface area contributed by atoms with E-state index in [0.29, 0.717) is 10.5 Å². The highest BCUT2D eigenvalue weighted by molar-refractivity contribution is 6.31. The summed E-state index contributed by atoms with van der Waals surface area (Å²) in [7, 11) is 0. The first-order valence-corrected chi connectivity index (χ1v) is 7.25. The summed E-state index contributed by atoms with van der Waals surface area (Å²) in [4.78, 5) is 16.7. The van der Waals surface area contributed by atoms with Crippen LogP contribution in [-0.4, -0.2) is 15.7 Å². The molecule has 0 saturated heterocycles. The summed E-state index contributed by atoms with van der Waals surface area (Å²) in [5.74, 6) is 0. The predicted octanol–water partition coefficient (Wildman–Crippen LogP) is 4.50. The molecule has 1 aromatic heterocycles. The molecule has 0 amide bonds. The van der Waals surface area contributed by atoms with Gasteiger partial charge in [0, 0.05) is 11.1 Å². The summed E-state index contributed by atoms with van der Waals surface area (Å²) in [6.07, 6.45) is -3.42. The molecule has 3 aromatic rings. The summed E-state index contributed by atoms with van der Waals surface area (Å²) in [6, 6.07) is 12.3. The quantitative estimate of drug-likeness (QED) is 0.682. The van der Waals surface area contributed by atoms with Gasteiger partial charge in [-0.05, 0) is 23.8 Å². The van der Waals surface area contributed by atoms with E-state index in [1.54, 1.807) is 30.3 Å². The van der Waals surface area contributed by atoms with E-state index < -0.39 is 11.7 Å². The number of aromatic nitrogens is 2. The molecule has 0 bridgehead atoms. The number of hydrogen-bond acceptors (Lipinski definition) is 2. The van der Waals surface area contributed by atoms with Gasteiger partial charge >= 0.3 is 6.18 Å². The lowest BCUT2D eigenvalue weighted by atomic mass is 10.1. The van der Waals surface area contributed by atoms with Crippen LogP contribution in [0.3, 0.4) is 0 Å². The third-order valence-corrected chi connectivity index (χ3v) is 3.58. The van der Waals surface area contributed by atoms with Gasteiger partial charge in [0.25, 0.3) is 5.56 Å². The Morgan fingerprint density at radius 2 is 1.83 bits per heavy atom. The second-order valence-electron chi connectivity index (χ2n) is 5.02. The van der Waals surface area contributed by atoms with Gasteiger partial charge in [0.15, 0.2) is 0 Å². The minimum absolute atomic E-state index is 0.0851. The first-order chi connectivity index (χ1) is 11.3. The standard InChI is InChI=1S/C17H10ClF3N2O/c18-12-6-7-14-13(8-12)16(24)23(10-22-14)15(9-17(19,20)21)11-4-2-1-3-5-11/h1-10H/b15-9-. The molecule has 0 radical (unpaired) electrons. The van der Waals surface area contributed by atoms with Crippen LogP contribution in [0.5, 0.6) is 0 Å². The largest absolute Gasteiger partial charge is 0.411 e. The molecule has 2 aromatic carbocycles. The fourth-order valence-electron chi connectivity index (χ4n) is 2.32. The zero-order valence-corrected chi connectivity index (χ0v) is 12.8. The van der Waals surface area contributed by atoms with Gasteiger partial charge in [-0.25, -0.2) is 4.98 Å². The summed E-state index contributed by atoms with van der Waals surface area (Å²) in [5, 5.41) is 0.453. The molecule has 0 atom stereocenters. The van der Waals surface area contributed by atoms with Crippen molar-refractivity contribution in [1.82, 2.24) is 9.55 Å². The van der Waals surface area contributed by atoms with Crippen molar-refractivity contribution in [3.63, 3.8) is 0 Å². The average Bonchev–Trinajstić information content (AvgIpc) is 2.54. The van der Waals surface area contributed by atoms with E-state index in [1.807, 2.05) is 0 Å². The van der Waals surface area contributed by atoms with Crippen LogP contribution in [0.25, 0.3) is 16.6 Å². The summed E-state index contributed by atoms with van der Waals surface area (Å²) < 4.78 is 39.7. The molecule has 0 spiro atoms. The number of fused-ring (bicyclic) bond motifs is 1. The molecule has 7 heteroatoms. The Labute approximate surface area is 139 Å². The van der Waals surface area contributed by atoms with Gasteiger partial charge in [-0.1, -0.05) is 41.9 Å². The smallest absolute Gasteiger partial charge is 0.268 e. The van der Waals surface area contributed by atoms with Crippen LogP contribution in [0.2, 0.25) is 5.02 Å². The molecule has 122 valence electrons. The Hall–Kier alpha value is -2.60. The van der Waals surface area contributed by atoms with Crippen LogP contribution in [0, 0.1) is 0 Å². The minimum atomic E-state index is -4.59. The molecule has 0 saturated carbocycles. The Bertz CT molecular complexity index is 979. The number of nitrogens with zero attached hydrogens (tertiary/aromatic N) is 2. The van der Waals surface area contributed by atoms with E-state index in [0.717, 1.165) is 10.9 Å². The Kier molecular flexibility index (Phi) is 4.15. The third-order valence-electron chi connectivity index (χ3n) is 3.35. The van der Waals surface area contributed by atoms with Gasteiger partial charge in [0.05, 0.1) is 16.6 Å². The SMILES string of the molecule is O=c1c2cc(Cl)ccc2ncn1/C(=C\C(F)(F)F)c1ccccc1. The zero-order valence-electron chi connectivity index (χ0n) is 12.1. The van der Waals surface area contributed by atoms with Gasteiger partial charge in [-0.2, -0.15) is 13.2 Å². The molecule has 24 heavy (non-hydrogen) atoms. The second kappa shape index (κ2) is 6.13. The topological polar surface area (TPSA) is 34.9 Å². The summed E-state index contributed by atoms with van der Waals surface area (Å²) in [6.45, 7) is 0. The van der Waals surface area contributed by atoms with E-state index in [9.17, 15) is 18.0 Å². The van der Waals surface area contributed by atoms with Crippen LogP contribution >= 0.6 is 11.6 Å². The second-order valence-corrected chi connectivity index (χ2v) is 5.45. The number of hydrogen-bond donors (Lipinski definition) is 0. The first kappa shape index (κ1) is 16.3. The van der Waals surface area contributed by atoms with Crippen molar-refractivity contribution >= 4 is 28.2 Å². The van der Waals surface area contributed by atoms with Gasteiger partial charge in [0.1, 0.15) is 6.33 Å². The number of benzene rings is 2. The molecule has 1 heterocycles. The Morgan fingerprint density at radius 3 is 2.50 bits per heavy atom. The molecule has 0 N–H and O–H groups in total. The predicted molar refractivity (Wildman–Crippen MR) is 86.9 cm³/mol. The van der Waals surface area contributed by atoms with Crippen LogP contribution < -0.4 is 5.56 Å². The number of allylic oxidation sites excluding steroid dienone is 1. The zero-order chi connectivity index (χ0) is 17.3. The molecule has 3 rings (SSSR count). The maximum absolute atomic E-state index is 13.0. The van der Waals surface area contributed by atoms with Gasteiger partial charge < -0.3 is 0 Å². The average molecular weight is 351 g/mol. The van der Waals surface area contributed by atoms with E-state index in [-0.39, 0.29) is 22.7 Å². The van der Waals surface area contributed by atoms with E-state index >= 15 is 0 Å². The summed E-state index contributed by atoms with van der Waals surface area (Å²) in [5.41, 5.74) is -0.315. The molecular formula is C17H10ClF3N2O. The van der Waals surface area contributed by atoms with Gasteiger partial charge in [-0.3, -0.25) is 9.36 Å². The fraction of sp³-hybridized carbons (Fsp3) is 0.0588. The van der Waals surface area contributed by atoms with Crippen molar-refractivity contribution in [1.29, 1.82) is 0 Å². The van der Waals surface area contributed by atoms with E-state index in [4.69, 9.17) is 11.6 Å². The third kappa shape index (κ3) is 3.33. The lowest BCUT2D eigenvalue weighted by molar-refractivity contribution is -0.0795. The van der Waals surface area contributed by atoms with Crippen LogP contribution in [0.15, 0.2) is 65.7 Å². The van der Waals surface area contributed by atoms with Crippen molar-refractivity contribution in [3.8, 4) is 0 Å². The number of rotatable bonds is 2. The lowest BCUT2D eigenvalue weighted by Gasteiger charge is -2.13. The number of halogens is 4. The van der Waals surface area contributed by atoms with Crippen LogP contribution in [-0.2, 0) is 0 Å². The van der Waals surface area contributed by atoms with Gasteiger partial charge in [0.2, 0.25) is 0 Å². The molecule has 0 aliphatic carbocycles. The van der Waals surface area contributed by atoms with Crippen LogP contribution in [0.1, 0.15) is 5.56 Å². The Balaban J connectivity index is 2.30. The van der Waals surface area contributed by atoms with Crippen molar-refractivity contribution in [3.05, 3.63) is 81.9 Å². The number of alkyl halides is 3. The van der Waals surface area contributed by atoms with E-state index in [2.05, 4.69) is 4.98 Å². The van der Waals surface area contributed by atoms with Crippen LogP contribution in [0.4, 0.5) is 13.2 Å². The van der Waals surface area contributed by atoms with Gasteiger partial charge in [-0.15, -0.1) is 0 Å². The molecule has 0 aliphatic heterocycles. The molecular weight excluding hydrogens is 341 g/mol. The van der Waals surface area contributed by atoms with Crippen molar-refractivity contribution in [2.45, 2.75) is 6.18 Å². The highest BCUT2D eigenvalue weighted by Gasteiger charge is 2.26. The van der Waals surface area contributed by atoms with Crippen molar-refractivity contribution < 1.29 is 13.2 Å². The van der Waals surface area contributed by atoms with Crippen molar-refractivity contribution in [2.24, 2.45) is 0 Å². The molecule has 0 unspecified atom stereocenters. The maximum Gasteiger partial charge on any atom is 0.411 e.